The SMILES string of the molecule is CC(C)(C)c1cc2c(=O)c3ccccc3n3c4ccccc4c(=O)c(c1)c23. The molecule has 5 rings (SSSR count). The second-order valence-corrected chi connectivity index (χ2v) is 8.20. The molecule has 0 amide bonds. The Morgan fingerprint density at radius 3 is 1.56 bits per heavy atom. The fourth-order valence-corrected chi connectivity index (χ4v) is 4.04. The lowest BCUT2D eigenvalue weighted by molar-refractivity contribution is 0.591. The summed E-state index contributed by atoms with van der Waals surface area (Å²) in [5, 5.41) is 2.57. The van der Waals surface area contributed by atoms with E-state index in [9.17, 15) is 9.59 Å². The lowest BCUT2D eigenvalue weighted by atomic mass is 9.85. The molecule has 132 valence electrons. The molecule has 2 aromatic heterocycles. The van der Waals surface area contributed by atoms with Gasteiger partial charge in [0.1, 0.15) is 0 Å². The van der Waals surface area contributed by atoms with Gasteiger partial charge in [0.15, 0.2) is 10.9 Å². The van der Waals surface area contributed by atoms with E-state index in [2.05, 4.69) is 25.2 Å². The van der Waals surface area contributed by atoms with Gasteiger partial charge in [0.2, 0.25) is 0 Å². The van der Waals surface area contributed by atoms with Gasteiger partial charge in [-0.25, -0.2) is 0 Å². The fraction of sp³-hybridized carbons (Fsp3) is 0.167. The number of fused-ring (bicyclic) bond motifs is 4. The van der Waals surface area contributed by atoms with Crippen LogP contribution in [-0.4, -0.2) is 4.40 Å². The summed E-state index contributed by atoms with van der Waals surface area (Å²) >= 11 is 0. The highest BCUT2D eigenvalue weighted by Crippen LogP contribution is 2.31. The minimum absolute atomic E-state index is 0.0172. The van der Waals surface area contributed by atoms with Crippen LogP contribution < -0.4 is 10.9 Å². The van der Waals surface area contributed by atoms with Crippen molar-refractivity contribution < 1.29 is 0 Å². The first kappa shape index (κ1) is 16.0. The lowest BCUT2D eigenvalue weighted by Gasteiger charge is -2.22. The Morgan fingerprint density at radius 2 is 1.11 bits per heavy atom. The lowest BCUT2D eigenvalue weighted by Crippen LogP contribution is -2.18. The summed E-state index contributed by atoms with van der Waals surface area (Å²) in [6.45, 7) is 6.30. The number of pyridine rings is 2. The first-order valence-corrected chi connectivity index (χ1v) is 9.14. The van der Waals surface area contributed by atoms with Crippen LogP contribution in [0.25, 0.3) is 38.1 Å². The third kappa shape index (κ3) is 2.08. The van der Waals surface area contributed by atoms with E-state index in [4.69, 9.17) is 0 Å². The van der Waals surface area contributed by atoms with E-state index in [1.54, 1.807) is 0 Å². The molecular formula is C24H19NO2. The summed E-state index contributed by atoms with van der Waals surface area (Å²) in [6, 6.07) is 19.2. The molecule has 0 aliphatic carbocycles. The van der Waals surface area contributed by atoms with Gasteiger partial charge in [-0.1, -0.05) is 45.0 Å². The van der Waals surface area contributed by atoms with Crippen LogP contribution in [0.4, 0.5) is 0 Å². The molecule has 0 aliphatic heterocycles. The van der Waals surface area contributed by atoms with Crippen LogP contribution in [-0.2, 0) is 5.41 Å². The Hall–Kier alpha value is -3.20. The maximum absolute atomic E-state index is 13.3. The van der Waals surface area contributed by atoms with E-state index in [1.165, 1.54) is 0 Å². The molecule has 0 radical (unpaired) electrons. The van der Waals surface area contributed by atoms with E-state index in [0.717, 1.165) is 22.1 Å². The Morgan fingerprint density at radius 1 is 0.667 bits per heavy atom. The second kappa shape index (κ2) is 5.17. The second-order valence-electron chi connectivity index (χ2n) is 8.20. The fourth-order valence-electron chi connectivity index (χ4n) is 4.04. The Kier molecular flexibility index (Phi) is 3.06. The van der Waals surface area contributed by atoms with Crippen molar-refractivity contribution in [2.75, 3.05) is 0 Å². The van der Waals surface area contributed by atoms with Crippen molar-refractivity contribution in [3.8, 4) is 0 Å². The molecule has 0 N–H and O–H groups in total. The molecule has 0 atom stereocenters. The molecule has 3 heteroatoms. The number of rotatable bonds is 0. The number of hydrogen-bond donors (Lipinski definition) is 0. The number of para-hydroxylation sites is 2. The van der Waals surface area contributed by atoms with Crippen LogP contribution in [0.15, 0.2) is 70.3 Å². The van der Waals surface area contributed by atoms with Crippen molar-refractivity contribution >= 4 is 38.1 Å². The largest absolute Gasteiger partial charge is 0.308 e. The van der Waals surface area contributed by atoms with Crippen LogP contribution in [0.2, 0.25) is 0 Å². The van der Waals surface area contributed by atoms with Gasteiger partial charge < -0.3 is 4.40 Å². The predicted octanol–water partition coefficient (Wildman–Crippen LogP) is 4.85. The summed E-state index contributed by atoms with van der Waals surface area (Å²) in [5.41, 5.74) is 3.18. The average Bonchev–Trinajstić information content (AvgIpc) is 2.66. The van der Waals surface area contributed by atoms with Crippen molar-refractivity contribution in [3.63, 3.8) is 0 Å². The van der Waals surface area contributed by atoms with Gasteiger partial charge in [-0.3, -0.25) is 9.59 Å². The van der Waals surface area contributed by atoms with Crippen LogP contribution >= 0.6 is 0 Å². The van der Waals surface area contributed by atoms with Crippen LogP contribution in [0.5, 0.6) is 0 Å². The van der Waals surface area contributed by atoms with Gasteiger partial charge in [0.25, 0.3) is 0 Å². The molecular weight excluding hydrogens is 334 g/mol. The molecule has 0 fully saturated rings. The zero-order chi connectivity index (χ0) is 18.9. The molecule has 0 unspecified atom stereocenters. The third-order valence-electron chi connectivity index (χ3n) is 5.47. The molecule has 3 aromatic carbocycles. The average molecular weight is 353 g/mol. The van der Waals surface area contributed by atoms with Crippen molar-refractivity contribution in [1.29, 1.82) is 0 Å². The monoisotopic (exact) mass is 353 g/mol. The zero-order valence-corrected chi connectivity index (χ0v) is 15.5. The Balaban J connectivity index is 2.26. The van der Waals surface area contributed by atoms with Gasteiger partial charge in [0, 0.05) is 21.5 Å². The van der Waals surface area contributed by atoms with Crippen LogP contribution in [0.1, 0.15) is 26.3 Å². The number of aromatic nitrogens is 1. The van der Waals surface area contributed by atoms with Crippen LogP contribution in [0.3, 0.4) is 0 Å². The van der Waals surface area contributed by atoms with Gasteiger partial charge in [-0.15, -0.1) is 0 Å². The van der Waals surface area contributed by atoms with Crippen molar-refractivity contribution in [1.82, 2.24) is 4.40 Å². The molecule has 0 saturated heterocycles. The first-order valence-electron chi connectivity index (χ1n) is 9.14. The minimum Gasteiger partial charge on any atom is -0.308 e. The molecule has 3 nitrogen and oxygen atoms in total. The van der Waals surface area contributed by atoms with Gasteiger partial charge >= 0.3 is 0 Å². The summed E-state index contributed by atoms with van der Waals surface area (Å²) in [5.74, 6) is 0. The van der Waals surface area contributed by atoms with Crippen molar-refractivity contribution in [2.45, 2.75) is 26.2 Å². The normalized spacial score (nSPS) is 12.6. The van der Waals surface area contributed by atoms with Gasteiger partial charge in [0.05, 0.1) is 16.6 Å². The molecule has 0 aliphatic rings. The van der Waals surface area contributed by atoms with E-state index < -0.39 is 0 Å². The topological polar surface area (TPSA) is 38.5 Å². The standard InChI is InChI=1S/C24H19NO2/c1-24(2,3)14-12-17-21-18(13-14)23(27)16-9-5-7-11-20(16)25(21)19-10-6-4-8-15(19)22(17)26/h4-13H,1-3H3. The predicted molar refractivity (Wildman–Crippen MR) is 112 cm³/mol. The highest BCUT2D eigenvalue weighted by atomic mass is 16.1. The zero-order valence-electron chi connectivity index (χ0n) is 15.5. The molecule has 2 heterocycles. The Labute approximate surface area is 155 Å². The highest BCUT2D eigenvalue weighted by Gasteiger charge is 2.21. The summed E-state index contributed by atoms with van der Waals surface area (Å²) in [4.78, 5) is 26.6. The third-order valence-corrected chi connectivity index (χ3v) is 5.47. The van der Waals surface area contributed by atoms with Gasteiger partial charge in [-0.05, 0) is 47.4 Å². The van der Waals surface area contributed by atoms with Gasteiger partial charge in [-0.2, -0.15) is 0 Å². The van der Waals surface area contributed by atoms with E-state index in [-0.39, 0.29) is 16.3 Å². The first-order chi connectivity index (χ1) is 12.9. The summed E-state index contributed by atoms with van der Waals surface area (Å²) in [6.07, 6.45) is 0. The van der Waals surface area contributed by atoms with E-state index in [0.29, 0.717) is 21.5 Å². The molecule has 27 heavy (non-hydrogen) atoms. The maximum Gasteiger partial charge on any atom is 0.197 e. The summed E-state index contributed by atoms with van der Waals surface area (Å²) in [7, 11) is 0. The van der Waals surface area contributed by atoms with Crippen molar-refractivity contribution in [2.24, 2.45) is 0 Å². The molecule has 0 spiro atoms. The van der Waals surface area contributed by atoms with E-state index in [1.807, 2.05) is 60.7 Å². The minimum atomic E-state index is -0.162. The summed E-state index contributed by atoms with van der Waals surface area (Å²) < 4.78 is 2.07. The quantitative estimate of drug-likeness (QED) is 0.295. The molecule has 5 aromatic rings. The number of benzene rings is 3. The Bertz CT molecular complexity index is 1380. The highest BCUT2D eigenvalue weighted by molar-refractivity contribution is 6.08. The molecule has 0 saturated carbocycles. The number of nitrogens with zero attached hydrogens (tertiary/aromatic N) is 1. The van der Waals surface area contributed by atoms with Crippen LogP contribution in [0, 0.1) is 0 Å². The smallest absolute Gasteiger partial charge is 0.197 e. The number of hydrogen-bond acceptors (Lipinski definition) is 2. The maximum atomic E-state index is 13.3. The van der Waals surface area contributed by atoms with E-state index >= 15 is 0 Å². The molecule has 0 bridgehead atoms. The van der Waals surface area contributed by atoms with Crippen molar-refractivity contribution in [3.05, 3.63) is 86.7 Å².